The second-order valence-corrected chi connectivity index (χ2v) is 3.59. The summed E-state index contributed by atoms with van der Waals surface area (Å²) in [4.78, 5) is 9.32. The molecule has 1 fully saturated rings. The molecule has 0 saturated carbocycles. The molecule has 2 rings (SSSR count). The lowest BCUT2D eigenvalue weighted by atomic mass is 10.2. The molecule has 88 valence electrons. The second kappa shape index (κ2) is 4.17. The Labute approximate surface area is 90.7 Å². The highest BCUT2D eigenvalue weighted by Gasteiger charge is 2.26. The van der Waals surface area contributed by atoms with E-state index in [1.165, 1.54) is 0 Å². The standard InChI is InChI=1S/C9H11F2N3O2/c1-5-2-7(14-3-6(15)4-14)13-9(12-5)16-8(10)11/h2,6,8,15H,3-4H2,1H3. The number of aromatic nitrogens is 2. The van der Waals surface area contributed by atoms with E-state index in [1.807, 2.05) is 0 Å². The molecule has 1 N–H and O–H groups in total. The number of anilines is 1. The number of nitrogens with zero attached hydrogens (tertiary/aromatic N) is 3. The summed E-state index contributed by atoms with van der Waals surface area (Å²) in [6.45, 7) is -0.369. The average molecular weight is 231 g/mol. The molecule has 1 aromatic heterocycles. The van der Waals surface area contributed by atoms with E-state index in [9.17, 15) is 8.78 Å². The average Bonchev–Trinajstić information content (AvgIpc) is 2.10. The number of halogens is 2. The molecule has 0 aromatic carbocycles. The van der Waals surface area contributed by atoms with Crippen molar-refractivity contribution in [1.82, 2.24) is 9.97 Å². The first kappa shape index (κ1) is 11.0. The minimum atomic E-state index is -2.93. The third-order valence-electron chi connectivity index (χ3n) is 2.20. The predicted molar refractivity (Wildman–Crippen MR) is 51.6 cm³/mol. The number of aliphatic hydroxyl groups is 1. The number of alkyl halides is 2. The van der Waals surface area contributed by atoms with Crippen molar-refractivity contribution in [2.24, 2.45) is 0 Å². The quantitative estimate of drug-likeness (QED) is 0.824. The Balaban J connectivity index is 2.15. The normalized spacial score (nSPS) is 16.4. The highest BCUT2D eigenvalue weighted by Crippen LogP contribution is 2.21. The van der Waals surface area contributed by atoms with E-state index >= 15 is 0 Å². The fourth-order valence-electron chi connectivity index (χ4n) is 1.46. The maximum absolute atomic E-state index is 12.0. The molecule has 1 aromatic rings. The Kier molecular flexibility index (Phi) is 2.86. The van der Waals surface area contributed by atoms with Crippen LogP contribution in [0, 0.1) is 6.92 Å². The highest BCUT2D eigenvalue weighted by atomic mass is 19.3. The molecule has 1 aliphatic heterocycles. The number of hydrogen-bond acceptors (Lipinski definition) is 5. The zero-order valence-corrected chi connectivity index (χ0v) is 8.60. The van der Waals surface area contributed by atoms with Crippen LogP contribution in [0.2, 0.25) is 0 Å². The summed E-state index contributed by atoms with van der Waals surface area (Å²) in [5, 5.41) is 9.13. The number of β-amino-alcohol motifs (C(OH)–C–C–N with tert-alkyl or cyclic N) is 1. The lowest BCUT2D eigenvalue weighted by Gasteiger charge is -2.36. The molecule has 0 unspecified atom stereocenters. The molecule has 0 radical (unpaired) electrons. The van der Waals surface area contributed by atoms with E-state index in [-0.39, 0.29) is 12.1 Å². The van der Waals surface area contributed by atoms with Crippen molar-refractivity contribution in [3.8, 4) is 6.01 Å². The van der Waals surface area contributed by atoms with Gasteiger partial charge in [0.15, 0.2) is 0 Å². The Morgan fingerprint density at radius 2 is 2.19 bits per heavy atom. The summed E-state index contributed by atoms with van der Waals surface area (Å²) >= 11 is 0. The predicted octanol–water partition coefficient (Wildman–Crippen LogP) is 0.567. The van der Waals surface area contributed by atoms with Gasteiger partial charge in [-0.1, -0.05) is 0 Å². The number of ether oxygens (including phenoxy) is 1. The van der Waals surface area contributed by atoms with Crippen LogP contribution >= 0.6 is 0 Å². The summed E-state index contributed by atoms with van der Waals surface area (Å²) in [6.07, 6.45) is -0.380. The van der Waals surface area contributed by atoms with Gasteiger partial charge < -0.3 is 14.7 Å². The maximum atomic E-state index is 12.0. The Morgan fingerprint density at radius 3 is 2.75 bits per heavy atom. The first-order chi connectivity index (χ1) is 7.54. The Morgan fingerprint density at radius 1 is 1.50 bits per heavy atom. The SMILES string of the molecule is Cc1cc(N2CC(O)C2)nc(OC(F)F)n1. The van der Waals surface area contributed by atoms with E-state index in [0.717, 1.165) is 0 Å². The van der Waals surface area contributed by atoms with Gasteiger partial charge >= 0.3 is 12.6 Å². The molecule has 0 spiro atoms. The van der Waals surface area contributed by atoms with Crippen molar-refractivity contribution in [2.45, 2.75) is 19.6 Å². The van der Waals surface area contributed by atoms with Crippen LogP contribution in [0.1, 0.15) is 5.69 Å². The molecule has 16 heavy (non-hydrogen) atoms. The molecule has 0 amide bonds. The summed E-state index contributed by atoms with van der Waals surface area (Å²) in [6, 6.07) is 1.32. The van der Waals surface area contributed by atoms with Crippen LogP contribution in [0.3, 0.4) is 0 Å². The minimum absolute atomic E-state index is 0.341. The van der Waals surface area contributed by atoms with Gasteiger partial charge in [0.2, 0.25) is 0 Å². The smallest absolute Gasteiger partial charge is 0.389 e. The Bertz CT molecular complexity index is 383. The van der Waals surface area contributed by atoms with Crippen molar-refractivity contribution in [3.05, 3.63) is 11.8 Å². The highest BCUT2D eigenvalue weighted by molar-refractivity contribution is 5.43. The third-order valence-corrected chi connectivity index (χ3v) is 2.20. The van der Waals surface area contributed by atoms with E-state index in [2.05, 4.69) is 14.7 Å². The summed E-state index contributed by atoms with van der Waals surface area (Å²) in [7, 11) is 0. The van der Waals surface area contributed by atoms with Gasteiger partial charge in [-0.15, -0.1) is 0 Å². The molecular weight excluding hydrogens is 220 g/mol. The van der Waals surface area contributed by atoms with Crippen molar-refractivity contribution in [3.63, 3.8) is 0 Å². The first-order valence-corrected chi connectivity index (χ1v) is 4.78. The van der Waals surface area contributed by atoms with Crippen LogP contribution in [0.15, 0.2) is 6.07 Å². The van der Waals surface area contributed by atoms with Gasteiger partial charge in [-0.2, -0.15) is 13.8 Å². The van der Waals surface area contributed by atoms with Crippen LogP contribution < -0.4 is 9.64 Å². The topological polar surface area (TPSA) is 58.5 Å². The fraction of sp³-hybridized carbons (Fsp3) is 0.556. The van der Waals surface area contributed by atoms with Crippen LogP contribution in [0.5, 0.6) is 6.01 Å². The van der Waals surface area contributed by atoms with Gasteiger partial charge in [0, 0.05) is 24.8 Å². The molecule has 1 aliphatic rings. The number of aryl methyl sites for hydroxylation is 1. The van der Waals surface area contributed by atoms with Crippen LogP contribution in [0.25, 0.3) is 0 Å². The van der Waals surface area contributed by atoms with Gasteiger partial charge in [-0.05, 0) is 6.92 Å². The lowest BCUT2D eigenvalue weighted by Crippen LogP contribution is -2.51. The molecule has 0 bridgehead atoms. The van der Waals surface area contributed by atoms with E-state index < -0.39 is 6.61 Å². The maximum Gasteiger partial charge on any atom is 0.389 e. The molecular formula is C9H11F2N3O2. The van der Waals surface area contributed by atoms with Crippen molar-refractivity contribution in [2.75, 3.05) is 18.0 Å². The third kappa shape index (κ3) is 2.35. The molecule has 2 heterocycles. The van der Waals surface area contributed by atoms with Crippen LogP contribution in [-0.4, -0.2) is 40.9 Å². The van der Waals surface area contributed by atoms with Crippen LogP contribution in [-0.2, 0) is 0 Å². The summed E-state index contributed by atoms with van der Waals surface area (Å²) in [5.41, 5.74) is 0.544. The van der Waals surface area contributed by atoms with E-state index in [1.54, 1.807) is 17.9 Å². The zero-order valence-electron chi connectivity index (χ0n) is 8.60. The zero-order chi connectivity index (χ0) is 11.7. The molecule has 5 nitrogen and oxygen atoms in total. The van der Waals surface area contributed by atoms with Gasteiger partial charge in [0.1, 0.15) is 5.82 Å². The number of aliphatic hydroxyl groups excluding tert-OH is 1. The first-order valence-electron chi connectivity index (χ1n) is 4.78. The number of rotatable bonds is 3. The molecule has 0 atom stereocenters. The molecule has 0 aliphatic carbocycles. The van der Waals surface area contributed by atoms with Crippen molar-refractivity contribution >= 4 is 5.82 Å². The van der Waals surface area contributed by atoms with Gasteiger partial charge in [-0.25, -0.2) is 4.98 Å². The van der Waals surface area contributed by atoms with Crippen molar-refractivity contribution < 1.29 is 18.6 Å². The summed E-state index contributed by atoms with van der Waals surface area (Å²) in [5.74, 6) is 0.494. The monoisotopic (exact) mass is 231 g/mol. The fourth-order valence-corrected chi connectivity index (χ4v) is 1.46. The Hall–Kier alpha value is -1.50. The lowest BCUT2D eigenvalue weighted by molar-refractivity contribution is -0.0561. The molecule has 1 saturated heterocycles. The summed E-state index contributed by atoms with van der Waals surface area (Å²) < 4.78 is 28.1. The van der Waals surface area contributed by atoms with Gasteiger partial charge in [-0.3, -0.25) is 0 Å². The van der Waals surface area contributed by atoms with E-state index in [0.29, 0.717) is 24.6 Å². The second-order valence-electron chi connectivity index (χ2n) is 3.59. The largest absolute Gasteiger partial charge is 0.401 e. The van der Waals surface area contributed by atoms with Gasteiger partial charge in [0.05, 0.1) is 6.10 Å². The minimum Gasteiger partial charge on any atom is -0.401 e. The van der Waals surface area contributed by atoms with E-state index in [4.69, 9.17) is 5.11 Å². The van der Waals surface area contributed by atoms with Crippen molar-refractivity contribution in [1.29, 1.82) is 0 Å². The number of hydrogen-bond donors (Lipinski definition) is 1. The molecule has 7 heteroatoms. The van der Waals surface area contributed by atoms with Crippen LogP contribution in [0.4, 0.5) is 14.6 Å². The van der Waals surface area contributed by atoms with Gasteiger partial charge in [0.25, 0.3) is 0 Å².